The second-order valence-electron chi connectivity index (χ2n) is 3.37. The molecule has 0 fully saturated rings. The lowest BCUT2D eigenvalue weighted by Gasteiger charge is -2.09. The summed E-state index contributed by atoms with van der Waals surface area (Å²) in [7, 11) is 0. The lowest BCUT2D eigenvalue weighted by Crippen LogP contribution is -2.20. The molecule has 1 rings (SSSR count). The summed E-state index contributed by atoms with van der Waals surface area (Å²) in [6, 6.07) is 0. The quantitative estimate of drug-likeness (QED) is 0.595. The van der Waals surface area contributed by atoms with E-state index in [-0.39, 0.29) is 6.61 Å². The molecule has 1 aromatic heterocycles. The Morgan fingerprint density at radius 3 is 3.00 bits per heavy atom. The molecule has 1 heterocycles. The SMILES string of the molecule is CCNc1ncc(Cl)c(NCCOCC(N)=O)n1. The third kappa shape index (κ3) is 5.15. The predicted molar refractivity (Wildman–Crippen MR) is 69.7 cm³/mol. The minimum absolute atomic E-state index is 0.0954. The maximum atomic E-state index is 10.4. The maximum Gasteiger partial charge on any atom is 0.243 e. The Balaban J connectivity index is 2.40. The summed E-state index contributed by atoms with van der Waals surface area (Å²) in [5, 5.41) is 6.39. The molecule has 0 bridgehead atoms. The van der Waals surface area contributed by atoms with Gasteiger partial charge in [0.15, 0.2) is 5.82 Å². The summed E-state index contributed by atoms with van der Waals surface area (Å²) in [5.74, 6) is 0.525. The first kappa shape index (κ1) is 14.5. The first-order chi connectivity index (χ1) is 8.63. The lowest BCUT2D eigenvalue weighted by atomic mass is 10.5. The highest BCUT2D eigenvalue weighted by Gasteiger charge is 2.04. The number of ether oxygens (including phenoxy) is 1. The molecule has 0 spiro atoms. The van der Waals surface area contributed by atoms with Gasteiger partial charge in [-0.25, -0.2) is 4.98 Å². The number of anilines is 2. The largest absolute Gasteiger partial charge is 0.370 e. The summed E-state index contributed by atoms with van der Waals surface area (Å²) in [5.41, 5.74) is 4.93. The fraction of sp³-hybridized carbons (Fsp3) is 0.500. The van der Waals surface area contributed by atoms with Crippen LogP contribution in [-0.2, 0) is 9.53 Å². The van der Waals surface area contributed by atoms with Crippen molar-refractivity contribution in [3.8, 4) is 0 Å². The average molecular weight is 274 g/mol. The first-order valence-corrected chi connectivity index (χ1v) is 5.87. The molecule has 0 unspecified atom stereocenters. The van der Waals surface area contributed by atoms with Gasteiger partial charge in [0.25, 0.3) is 0 Å². The molecule has 0 aliphatic carbocycles. The zero-order valence-electron chi connectivity index (χ0n) is 10.1. The molecule has 0 aliphatic heterocycles. The number of aromatic nitrogens is 2. The number of rotatable bonds is 8. The van der Waals surface area contributed by atoms with E-state index in [1.54, 1.807) is 0 Å². The molecule has 8 heteroatoms. The number of amides is 1. The van der Waals surface area contributed by atoms with Crippen molar-refractivity contribution in [2.75, 3.05) is 36.9 Å². The lowest BCUT2D eigenvalue weighted by molar-refractivity contribution is -0.122. The van der Waals surface area contributed by atoms with Gasteiger partial charge >= 0.3 is 0 Å². The maximum absolute atomic E-state index is 10.4. The van der Waals surface area contributed by atoms with Gasteiger partial charge in [0, 0.05) is 13.1 Å². The normalized spacial score (nSPS) is 10.1. The minimum atomic E-state index is -0.496. The van der Waals surface area contributed by atoms with Crippen LogP contribution in [0.5, 0.6) is 0 Å². The number of carbonyl (C=O) groups is 1. The predicted octanol–water partition coefficient (Wildman–Crippen LogP) is 0.476. The topological polar surface area (TPSA) is 102 Å². The Morgan fingerprint density at radius 1 is 1.56 bits per heavy atom. The van der Waals surface area contributed by atoms with E-state index >= 15 is 0 Å². The van der Waals surface area contributed by atoms with E-state index in [2.05, 4.69) is 20.6 Å². The molecule has 1 aromatic rings. The monoisotopic (exact) mass is 273 g/mol. The highest BCUT2D eigenvalue weighted by atomic mass is 35.5. The number of nitrogens with one attached hydrogen (secondary N) is 2. The summed E-state index contributed by atoms with van der Waals surface area (Å²) < 4.78 is 5.00. The van der Waals surface area contributed by atoms with Crippen LogP contribution in [0.15, 0.2) is 6.20 Å². The molecule has 0 radical (unpaired) electrons. The molecule has 7 nitrogen and oxygen atoms in total. The fourth-order valence-electron chi connectivity index (χ4n) is 1.15. The van der Waals surface area contributed by atoms with Crippen molar-refractivity contribution >= 4 is 29.3 Å². The second kappa shape index (κ2) is 7.67. The Labute approximate surface area is 110 Å². The van der Waals surface area contributed by atoms with Gasteiger partial charge in [0.1, 0.15) is 11.6 Å². The number of nitrogens with two attached hydrogens (primary N) is 1. The number of hydrogen-bond acceptors (Lipinski definition) is 6. The highest BCUT2D eigenvalue weighted by Crippen LogP contribution is 2.18. The Morgan fingerprint density at radius 2 is 2.33 bits per heavy atom. The first-order valence-electron chi connectivity index (χ1n) is 5.49. The van der Waals surface area contributed by atoms with Gasteiger partial charge in [-0.05, 0) is 6.92 Å². The Hall–Kier alpha value is -1.60. The third-order valence-corrected chi connectivity index (χ3v) is 2.14. The van der Waals surface area contributed by atoms with Crippen molar-refractivity contribution < 1.29 is 9.53 Å². The van der Waals surface area contributed by atoms with E-state index in [0.717, 1.165) is 6.54 Å². The summed E-state index contributed by atoms with van der Waals surface area (Å²) in [6.07, 6.45) is 1.51. The van der Waals surface area contributed by atoms with Crippen molar-refractivity contribution in [3.63, 3.8) is 0 Å². The fourth-order valence-corrected chi connectivity index (χ4v) is 1.31. The number of hydrogen-bond donors (Lipinski definition) is 3. The minimum Gasteiger partial charge on any atom is -0.370 e. The number of carbonyl (C=O) groups excluding carboxylic acids is 1. The van der Waals surface area contributed by atoms with Gasteiger partial charge < -0.3 is 21.1 Å². The van der Waals surface area contributed by atoms with Crippen LogP contribution in [0.1, 0.15) is 6.92 Å². The molecule has 0 aliphatic rings. The van der Waals surface area contributed by atoms with E-state index in [1.807, 2.05) is 6.92 Å². The summed E-state index contributed by atoms with van der Waals surface area (Å²) in [6.45, 7) is 3.38. The molecule has 18 heavy (non-hydrogen) atoms. The van der Waals surface area contributed by atoms with Crippen LogP contribution in [0.4, 0.5) is 11.8 Å². The Bertz CT molecular complexity index is 402. The van der Waals surface area contributed by atoms with E-state index in [9.17, 15) is 4.79 Å². The molecular formula is C10H16ClN5O2. The van der Waals surface area contributed by atoms with Crippen LogP contribution in [0, 0.1) is 0 Å². The van der Waals surface area contributed by atoms with E-state index in [1.165, 1.54) is 6.20 Å². The van der Waals surface area contributed by atoms with Gasteiger partial charge in [-0.2, -0.15) is 4.98 Å². The average Bonchev–Trinajstić information content (AvgIpc) is 2.32. The Kier molecular flexibility index (Phi) is 6.16. The zero-order chi connectivity index (χ0) is 13.4. The van der Waals surface area contributed by atoms with Crippen molar-refractivity contribution in [2.24, 2.45) is 5.73 Å². The number of primary amides is 1. The van der Waals surface area contributed by atoms with Crippen LogP contribution in [0.2, 0.25) is 5.02 Å². The van der Waals surface area contributed by atoms with Gasteiger partial charge in [0.2, 0.25) is 11.9 Å². The molecule has 0 saturated heterocycles. The molecule has 1 amide bonds. The smallest absolute Gasteiger partial charge is 0.243 e. The van der Waals surface area contributed by atoms with E-state index in [0.29, 0.717) is 29.9 Å². The van der Waals surface area contributed by atoms with Crippen LogP contribution < -0.4 is 16.4 Å². The highest BCUT2D eigenvalue weighted by molar-refractivity contribution is 6.32. The van der Waals surface area contributed by atoms with Gasteiger partial charge in [-0.3, -0.25) is 4.79 Å². The van der Waals surface area contributed by atoms with Gasteiger partial charge in [-0.1, -0.05) is 11.6 Å². The molecule has 0 aromatic carbocycles. The third-order valence-electron chi connectivity index (χ3n) is 1.86. The summed E-state index contributed by atoms with van der Waals surface area (Å²) in [4.78, 5) is 18.6. The van der Waals surface area contributed by atoms with Crippen LogP contribution in [0.3, 0.4) is 0 Å². The van der Waals surface area contributed by atoms with Crippen LogP contribution in [0.25, 0.3) is 0 Å². The molecule has 0 saturated carbocycles. The van der Waals surface area contributed by atoms with Crippen LogP contribution >= 0.6 is 11.6 Å². The van der Waals surface area contributed by atoms with Crippen molar-refractivity contribution in [2.45, 2.75) is 6.92 Å². The molecule has 4 N–H and O–H groups in total. The standard InChI is InChI=1S/C10H16ClN5O2/c1-2-13-10-15-5-7(11)9(16-10)14-3-4-18-6-8(12)17/h5H,2-4,6H2,1H3,(H2,12,17)(H2,13,14,15,16). The summed E-state index contributed by atoms with van der Waals surface area (Å²) >= 11 is 5.93. The van der Waals surface area contributed by atoms with E-state index in [4.69, 9.17) is 22.1 Å². The molecule has 100 valence electrons. The van der Waals surface area contributed by atoms with Gasteiger partial charge in [-0.15, -0.1) is 0 Å². The molecular weight excluding hydrogens is 258 g/mol. The van der Waals surface area contributed by atoms with Crippen LogP contribution in [-0.4, -0.2) is 42.2 Å². The number of nitrogens with zero attached hydrogens (tertiary/aromatic N) is 2. The van der Waals surface area contributed by atoms with Gasteiger partial charge in [0.05, 0.1) is 12.8 Å². The van der Waals surface area contributed by atoms with Crippen molar-refractivity contribution in [3.05, 3.63) is 11.2 Å². The van der Waals surface area contributed by atoms with Crippen molar-refractivity contribution in [1.29, 1.82) is 0 Å². The van der Waals surface area contributed by atoms with Crippen molar-refractivity contribution in [1.82, 2.24) is 9.97 Å². The molecule has 0 atom stereocenters. The zero-order valence-corrected chi connectivity index (χ0v) is 10.8. The number of halogens is 1. The van der Waals surface area contributed by atoms with E-state index < -0.39 is 5.91 Å². The second-order valence-corrected chi connectivity index (χ2v) is 3.77.